The first-order chi connectivity index (χ1) is 14.2. The molecule has 2 rings (SSSR count). The number of halogens is 3. The molecule has 0 aliphatic heterocycles. The maximum Gasteiger partial charge on any atom is 0.242 e. The third kappa shape index (κ3) is 7.18. The Morgan fingerprint density at radius 1 is 1.10 bits per heavy atom. The van der Waals surface area contributed by atoms with E-state index in [0.717, 1.165) is 5.56 Å². The fourth-order valence-electron chi connectivity index (χ4n) is 2.77. The van der Waals surface area contributed by atoms with Crippen LogP contribution in [0, 0.1) is 5.82 Å². The number of carbonyl (C=O) groups is 2. The molecule has 2 amide bonds. The van der Waals surface area contributed by atoms with Crippen LogP contribution in [0.1, 0.15) is 31.9 Å². The molecule has 2 aromatic carbocycles. The van der Waals surface area contributed by atoms with E-state index in [1.54, 1.807) is 31.2 Å². The second kappa shape index (κ2) is 11.6. The van der Waals surface area contributed by atoms with E-state index >= 15 is 0 Å². The molecule has 0 radical (unpaired) electrons. The summed E-state index contributed by atoms with van der Waals surface area (Å²) in [7, 11) is 0. The Morgan fingerprint density at radius 2 is 1.77 bits per heavy atom. The van der Waals surface area contributed by atoms with Crippen LogP contribution in [0.4, 0.5) is 4.39 Å². The predicted molar refractivity (Wildman–Crippen MR) is 122 cm³/mol. The van der Waals surface area contributed by atoms with Crippen molar-refractivity contribution < 1.29 is 14.0 Å². The molecule has 0 unspecified atom stereocenters. The SMILES string of the molecule is CC(C)NC(=O)[C@H](C)N(Cc1ccc(Cl)cc1)C(=O)CSCc1c(F)cccc1Cl. The standard InChI is InChI=1S/C22H25Cl2FN2O2S/c1-14(2)26-22(29)15(3)27(11-16-7-9-17(23)10-8-16)21(28)13-30-12-18-19(24)5-4-6-20(18)25/h4-10,14-15H,11-13H2,1-3H3,(H,26,29)/t15-/m0/s1. The Hall–Kier alpha value is -1.76. The lowest BCUT2D eigenvalue weighted by Crippen LogP contribution is -2.49. The molecule has 0 aromatic heterocycles. The summed E-state index contributed by atoms with van der Waals surface area (Å²) in [6, 6.07) is 10.9. The molecule has 0 aliphatic rings. The third-order valence-corrected chi connectivity index (χ3v) is 5.95. The Balaban J connectivity index is 2.10. The van der Waals surface area contributed by atoms with Crippen LogP contribution in [0.15, 0.2) is 42.5 Å². The molecule has 162 valence electrons. The van der Waals surface area contributed by atoms with Gasteiger partial charge in [0.25, 0.3) is 0 Å². The van der Waals surface area contributed by atoms with E-state index < -0.39 is 11.9 Å². The van der Waals surface area contributed by atoms with Crippen LogP contribution in [0.5, 0.6) is 0 Å². The zero-order valence-corrected chi connectivity index (χ0v) is 19.5. The van der Waals surface area contributed by atoms with Crippen molar-refractivity contribution in [2.45, 2.75) is 45.2 Å². The predicted octanol–water partition coefficient (Wildman–Crippen LogP) is 5.31. The number of hydrogen-bond donors (Lipinski definition) is 1. The molecule has 0 bridgehead atoms. The number of amides is 2. The second-order valence-corrected chi connectivity index (χ2v) is 9.01. The number of rotatable bonds is 9. The van der Waals surface area contributed by atoms with Crippen LogP contribution in [0.2, 0.25) is 10.0 Å². The van der Waals surface area contributed by atoms with Gasteiger partial charge in [0.2, 0.25) is 11.8 Å². The molecule has 0 saturated heterocycles. The van der Waals surface area contributed by atoms with Gasteiger partial charge in [-0.2, -0.15) is 0 Å². The van der Waals surface area contributed by atoms with Crippen molar-refractivity contribution in [2.24, 2.45) is 0 Å². The van der Waals surface area contributed by atoms with Gasteiger partial charge >= 0.3 is 0 Å². The summed E-state index contributed by atoms with van der Waals surface area (Å²) in [4.78, 5) is 27.0. The summed E-state index contributed by atoms with van der Waals surface area (Å²) in [6.45, 7) is 5.70. The third-order valence-electron chi connectivity index (χ3n) is 4.40. The quantitative estimate of drug-likeness (QED) is 0.540. The molecule has 0 fully saturated rings. The molecule has 30 heavy (non-hydrogen) atoms. The molecular weight excluding hydrogens is 446 g/mol. The minimum absolute atomic E-state index is 0.0370. The molecule has 2 aromatic rings. The van der Waals surface area contributed by atoms with Crippen LogP contribution in [-0.2, 0) is 21.9 Å². The van der Waals surface area contributed by atoms with E-state index in [1.807, 2.05) is 26.0 Å². The van der Waals surface area contributed by atoms with Crippen molar-refractivity contribution in [3.8, 4) is 0 Å². The minimum Gasteiger partial charge on any atom is -0.352 e. The summed E-state index contributed by atoms with van der Waals surface area (Å²) in [5, 5.41) is 3.77. The lowest BCUT2D eigenvalue weighted by Gasteiger charge is -2.29. The minimum atomic E-state index is -0.659. The zero-order chi connectivity index (χ0) is 22.3. The number of nitrogens with one attached hydrogen (secondary N) is 1. The average molecular weight is 471 g/mol. The molecule has 0 spiro atoms. The summed E-state index contributed by atoms with van der Waals surface area (Å²) in [5.74, 6) is -0.482. The van der Waals surface area contributed by atoms with Crippen molar-refractivity contribution in [1.82, 2.24) is 10.2 Å². The lowest BCUT2D eigenvalue weighted by molar-refractivity contribution is -0.138. The number of nitrogens with zero attached hydrogens (tertiary/aromatic N) is 1. The summed E-state index contributed by atoms with van der Waals surface area (Å²) in [5.41, 5.74) is 1.23. The van der Waals surface area contributed by atoms with Crippen LogP contribution >= 0.6 is 35.0 Å². The number of hydrogen-bond acceptors (Lipinski definition) is 3. The van der Waals surface area contributed by atoms with Crippen LogP contribution < -0.4 is 5.32 Å². The Morgan fingerprint density at radius 3 is 2.37 bits per heavy atom. The van der Waals surface area contributed by atoms with Crippen molar-refractivity contribution in [2.75, 3.05) is 5.75 Å². The van der Waals surface area contributed by atoms with Gasteiger partial charge in [-0.25, -0.2) is 4.39 Å². The normalized spacial score (nSPS) is 12.0. The molecule has 1 N–H and O–H groups in total. The number of carbonyl (C=O) groups excluding carboxylic acids is 2. The first-order valence-corrected chi connectivity index (χ1v) is 11.4. The highest BCUT2D eigenvalue weighted by Crippen LogP contribution is 2.24. The van der Waals surface area contributed by atoms with Gasteiger partial charge in [0.15, 0.2) is 0 Å². The summed E-state index contributed by atoms with van der Waals surface area (Å²) in [6.07, 6.45) is 0. The Labute approximate surface area is 191 Å². The first kappa shape index (κ1) is 24.5. The maximum absolute atomic E-state index is 14.0. The van der Waals surface area contributed by atoms with Crippen molar-refractivity contribution in [3.63, 3.8) is 0 Å². The van der Waals surface area contributed by atoms with E-state index in [9.17, 15) is 14.0 Å². The highest BCUT2D eigenvalue weighted by Gasteiger charge is 2.26. The van der Waals surface area contributed by atoms with Crippen molar-refractivity contribution >= 4 is 46.8 Å². The van der Waals surface area contributed by atoms with Gasteiger partial charge in [-0.05, 0) is 50.6 Å². The largest absolute Gasteiger partial charge is 0.352 e. The average Bonchev–Trinajstić information content (AvgIpc) is 2.68. The van der Waals surface area contributed by atoms with Gasteiger partial charge in [-0.15, -0.1) is 11.8 Å². The van der Waals surface area contributed by atoms with Crippen LogP contribution in [0.25, 0.3) is 0 Å². The Bertz CT molecular complexity index is 858. The smallest absolute Gasteiger partial charge is 0.242 e. The number of thioether (sulfide) groups is 1. The highest BCUT2D eigenvalue weighted by atomic mass is 35.5. The molecule has 8 heteroatoms. The topological polar surface area (TPSA) is 49.4 Å². The van der Waals surface area contributed by atoms with Gasteiger partial charge in [-0.3, -0.25) is 9.59 Å². The second-order valence-electron chi connectivity index (χ2n) is 7.18. The van der Waals surface area contributed by atoms with Gasteiger partial charge < -0.3 is 10.2 Å². The van der Waals surface area contributed by atoms with Crippen molar-refractivity contribution in [1.29, 1.82) is 0 Å². The molecular formula is C22H25Cl2FN2O2S. The molecule has 4 nitrogen and oxygen atoms in total. The lowest BCUT2D eigenvalue weighted by atomic mass is 10.1. The molecule has 0 heterocycles. The molecule has 1 atom stereocenters. The van der Waals surface area contributed by atoms with E-state index in [2.05, 4.69) is 5.32 Å². The Kier molecular flexibility index (Phi) is 9.46. The van der Waals surface area contributed by atoms with Gasteiger partial charge in [-0.1, -0.05) is 41.4 Å². The number of benzene rings is 2. The van der Waals surface area contributed by atoms with Crippen LogP contribution in [-0.4, -0.2) is 34.6 Å². The van der Waals surface area contributed by atoms with Gasteiger partial charge in [0.05, 0.1) is 5.75 Å². The van der Waals surface area contributed by atoms with Gasteiger partial charge in [0.1, 0.15) is 11.9 Å². The summed E-state index contributed by atoms with van der Waals surface area (Å²) < 4.78 is 14.0. The molecule has 0 saturated carbocycles. The van der Waals surface area contributed by atoms with Crippen molar-refractivity contribution in [3.05, 3.63) is 69.5 Å². The van der Waals surface area contributed by atoms with E-state index in [4.69, 9.17) is 23.2 Å². The fourth-order valence-corrected chi connectivity index (χ4v) is 4.14. The van der Waals surface area contributed by atoms with Gasteiger partial charge in [0, 0.05) is 33.9 Å². The van der Waals surface area contributed by atoms with Crippen LogP contribution in [0.3, 0.4) is 0 Å². The fraction of sp³-hybridized carbons (Fsp3) is 0.364. The van der Waals surface area contributed by atoms with E-state index in [1.165, 1.54) is 22.7 Å². The first-order valence-electron chi connectivity index (χ1n) is 9.54. The summed E-state index contributed by atoms with van der Waals surface area (Å²) >= 11 is 13.3. The maximum atomic E-state index is 14.0. The zero-order valence-electron chi connectivity index (χ0n) is 17.1. The monoisotopic (exact) mass is 470 g/mol. The van der Waals surface area contributed by atoms with E-state index in [0.29, 0.717) is 15.6 Å². The highest BCUT2D eigenvalue weighted by molar-refractivity contribution is 7.99. The molecule has 0 aliphatic carbocycles. The van der Waals surface area contributed by atoms with E-state index in [-0.39, 0.29) is 35.9 Å².